The first-order valence-corrected chi connectivity index (χ1v) is 14.4. The normalized spacial score (nSPS) is 14.6. The number of aryl methyl sites for hydroxylation is 2. The molecule has 0 fully saturated rings. The highest BCUT2D eigenvalue weighted by Crippen LogP contribution is 2.34. The van der Waals surface area contributed by atoms with Crippen LogP contribution in [0.1, 0.15) is 42.3 Å². The molecule has 38 heavy (non-hydrogen) atoms. The van der Waals surface area contributed by atoms with Crippen LogP contribution in [0.25, 0.3) is 5.57 Å². The van der Waals surface area contributed by atoms with E-state index < -0.39 is 34.3 Å². The molecule has 0 aliphatic heterocycles. The minimum absolute atomic E-state index is 0.0798. The fraction of sp³-hybridized carbons (Fsp3) is 0.304. The molecule has 1 aliphatic rings. The van der Waals surface area contributed by atoms with Crippen molar-refractivity contribution in [2.45, 2.75) is 43.9 Å². The van der Waals surface area contributed by atoms with Gasteiger partial charge in [-0.2, -0.15) is 5.10 Å². The van der Waals surface area contributed by atoms with Gasteiger partial charge in [0.1, 0.15) is 5.83 Å². The highest BCUT2D eigenvalue weighted by Gasteiger charge is 2.26. The van der Waals surface area contributed by atoms with Crippen molar-refractivity contribution in [2.75, 3.05) is 11.9 Å². The Balaban J connectivity index is 1.48. The summed E-state index contributed by atoms with van der Waals surface area (Å²) in [6, 6.07) is 4.00. The van der Waals surface area contributed by atoms with Gasteiger partial charge in [0.15, 0.2) is 9.34 Å². The van der Waals surface area contributed by atoms with E-state index >= 15 is 4.39 Å². The summed E-state index contributed by atoms with van der Waals surface area (Å²) < 4.78 is 43.9. The third kappa shape index (κ3) is 6.34. The molecule has 10 nitrogen and oxygen atoms in total. The molecule has 3 aromatic rings. The second-order valence-electron chi connectivity index (χ2n) is 8.51. The van der Waals surface area contributed by atoms with Crippen LogP contribution >= 0.6 is 34.5 Å². The monoisotopic (exact) mass is 600 g/mol. The number of urea groups is 1. The Morgan fingerprint density at radius 1 is 1.24 bits per heavy atom. The molecule has 15 heteroatoms. The van der Waals surface area contributed by atoms with E-state index in [2.05, 4.69) is 20.7 Å². The maximum atomic E-state index is 15.4. The number of amides is 3. The molecule has 0 saturated carbocycles. The van der Waals surface area contributed by atoms with Crippen LogP contribution in [-0.4, -0.2) is 41.7 Å². The molecule has 0 saturated heterocycles. The molecule has 1 aromatic carbocycles. The number of rotatable bonds is 7. The van der Waals surface area contributed by atoms with E-state index in [1.54, 1.807) is 29.1 Å². The number of nitrogens with zero attached hydrogens (tertiary/aromatic N) is 3. The second kappa shape index (κ2) is 11.4. The molecular weight excluding hydrogens is 578 g/mol. The number of aromatic nitrogens is 3. The third-order valence-electron chi connectivity index (χ3n) is 5.65. The molecule has 3 N–H and O–H groups in total. The lowest BCUT2D eigenvalue weighted by Crippen LogP contribution is -2.40. The molecule has 0 bridgehead atoms. The summed E-state index contributed by atoms with van der Waals surface area (Å²) >= 11 is 13.0. The number of allylic oxidation sites excluding steroid dienone is 1. The summed E-state index contributed by atoms with van der Waals surface area (Å²) in [5, 5.41) is 10.1. The van der Waals surface area contributed by atoms with E-state index in [0.29, 0.717) is 52.0 Å². The second-order valence-corrected chi connectivity index (χ2v) is 12.2. The Morgan fingerprint density at radius 3 is 2.71 bits per heavy atom. The number of hydrogen-bond acceptors (Lipinski definition) is 7. The Bertz CT molecular complexity index is 1550. The van der Waals surface area contributed by atoms with Crippen molar-refractivity contribution >= 4 is 67.2 Å². The minimum Gasteiger partial charge on any atom is -0.331 e. The summed E-state index contributed by atoms with van der Waals surface area (Å²) in [6.07, 6.45) is 3.53. The maximum absolute atomic E-state index is 15.4. The first kappa shape index (κ1) is 28.0. The molecule has 3 amide bonds. The number of carbonyl (C=O) groups excluding carboxylic acids is 2. The Kier molecular flexibility index (Phi) is 8.40. The standard InChI is InChI=1S/C23H23Cl2FN6O4S2/c1-12-21(37-23(29-12)30-13(2)33)38(35,36)31-22(34)27-10-19(26)17-5-3-4-14-9-28-32(20(14)17)11-15-6-7-16(24)8-18(15)25/h6-9H,3-5,10-11H2,1-2H3,(H2,27,31,34)(H,29,30,33)/b19-17-. The van der Waals surface area contributed by atoms with Gasteiger partial charge in [0, 0.05) is 22.5 Å². The average molecular weight is 602 g/mol. The van der Waals surface area contributed by atoms with E-state index in [1.165, 1.54) is 13.8 Å². The molecule has 2 heterocycles. The molecule has 4 rings (SSSR count). The SMILES string of the molecule is CC(=O)Nc1nc(C)c(S(=O)(=O)NC(=O)NC/C(F)=C2\CCCc3cnn(Cc4ccc(Cl)cc4Cl)c32)s1. The largest absolute Gasteiger partial charge is 0.331 e. The number of benzene rings is 1. The zero-order chi connectivity index (χ0) is 27.6. The van der Waals surface area contributed by atoms with Gasteiger partial charge in [-0.1, -0.05) is 40.6 Å². The number of carbonyl (C=O) groups is 2. The van der Waals surface area contributed by atoms with Crippen molar-refractivity contribution in [1.82, 2.24) is 24.8 Å². The van der Waals surface area contributed by atoms with E-state index in [1.807, 2.05) is 4.72 Å². The van der Waals surface area contributed by atoms with Gasteiger partial charge in [-0.3, -0.25) is 9.48 Å². The summed E-state index contributed by atoms with van der Waals surface area (Å²) in [5.41, 5.74) is 2.73. The van der Waals surface area contributed by atoms with Crippen LogP contribution in [0.4, 0.5) is 14.3 Å². The summed E-state index contributed by atoms with van der Waals surface area (Å²) in [4.78, 5) is 27.5. The minimum atomic E-state index is -4.30. The van der Waals surface area contributed by atoms with E-state index in [-0.39, 0.29) is 15.0 Å². The molecule has 202 valence electrons. The number of nitrogens with one attached hydrogen (secondary N) is 3. The highest BCUT2D eigenvalue weighted by molar-refractivity contribution is 7.92. The Morgan fingerprint density at radius 2 is 2.00 bits per heavy atom. The quantitative estimate of drug-likeness (QED) is 0.361. The number of anilines is 1. The van der Waals surface area contributed by atoms with Crippen LogP contribution in [0.15, 0.2) is 34.4 Å². The topological polar surface area (TPSA) is 135 Å². The number of fused-ring (bicyclic) bond motifs is 1. The van der Waals surface area contributed by atoms with Crippen molar-refractivity contribution in [1.29, 1.82) is 0 Å². The lowest BCUT2D eigenvalue weighted by molar-refractivity contribution is -0.114. The summed E-state index contributed by atoms with van der Waals surface area (Å²) in [5.74, 6) is -1.02. The average Bonchev–Trinajstić information content (AvgIpc) is 3.42. The van der Waals surface area contributed by atoms with E-state index in [9.17, 15) is 18.0 Å². The molecule has 1 aliphatic carbocycles. The van der Waals surface area contributed by atoms with Crippen molar-refractivity contribution < 1.29 is 22.4 Å². The lowest BCUT2D eigenvalue weighted by Gasteiger charge is -2.19. The third-order valence-corrected chi connectivity index (χ3v) is 9.25. The Labute approximate surface area is 232 Å². The van der Waals surface area contributed by atoms with E-state index in [0.717, 1.165) is 17.5 Å². The van der Waals surface area contributed by atoms with Gasteiger partial charge in [0.05, 0.1) is 30.7 Å². The summed E-state index contributed by atoms with van der Waals surface area (Å²) in [6.45, 7) is 2.46. The van der Waals surface area contributed by atoms with Gasteiger partial charge >= 0.3 is 6.03 Å². The molecule has 0 spiro atoms. The Hall–Kier alpha value is -3.00. The maximum Gasteiger partial charge on any atom is 0.329 e. The fourth-order valence-electron chi connectivity index (χ4n) is 4.03. The lowest BCUT2D eigenvalue weighted by atomic mass is 9.92. The van der Waals surface area contributed by atoms with Gasteiger partial charge < -0.3 is 10.6 Å². The molecule has 0 atom stereocenters. The van der Waals surface area contributed by atoms with Gasteiger partial charge in [-0.25, -0.2) is 27.3 Å². The number of hydrogen-bond donors (Lipinski definition) is 3. The van der Waals surface area contributed by atoms with Crippen molar-refractivity contribution in [2.24, 2.45) is 0 Å². The van der Waals surface area contributed by atoms with Crippen LogP contribution in [0.2, 0.25) is 10.0 Å². The number of halogens is 3. The van der Waals surface area contributed by atoms with Crippen LogP contribution < -0.4 is 15.4 Å². The predicted molar refractivity (Wildman–Crippen MR) is 144 cm³/mol. The highest BCUT2D eigenvalue weighted by atomic mass is 35.5. The van der Waals surface area contributed by atoms with Crippen LogP contribution in [0, 0.1) is 6.92 Å². The van der Waals surface area contributed by atoms with E-state index in [4.69, 9.17) is 23.2 Å². The fourth-order valence-corrected chi connectivity index (χ4v) is 6.89. The first-order chi connectivity index (χ1) is 17.9. The molecule has 0 unspecified atom stereocenters. The van der Waals surface area contributed by atoms with Crippen LogP contribution in [-0.2, 0) is 27.8 Å². The van der Waals surface area contributed by atoms with Crippen LogP contribution in [0.5, 0.6) is 0 Å². The molecular formula is C23H23Cl2FN6O4S2. The molecule has 0 radical (unpaired) electrons. The zero-order valence-electron chi connectivity index (χ0n) is 20.3. The first-order valence-electron chi connectivity index (χ1n) is 11.4. The zero-order valence-corrected chi connectivity index (χ0v) is 23.4. The smallest absolute Gasteiger partial charge is 0.329 e. The van der Waals surface area contributed by atoms with Gasteiger partial charge in [-0.15, -0.1) is 0 Å². The van der Waals surface area contributed by atoms with Crippen molar-refractivity contribution in [3.8, 4) is 0 Å². The number of sulfonamides is 1. The van der Waals surface area contributed by atoms with Gasteiger partial charge in [0.25, 0.3) is 10.0 Å². The molecule has 2 aromatic heterocycles. The van der Waals surface area contributed by atoms with Crippen molar-refractivity contribution in [3.63, 3.8) is 0 Å². The summed E-state index contributed by atoms with van der Waals surface area (Å²) in [7, 11) is -4.30. The van der Waals surface area contributed by atoms with Crippen molar-refractivity contribution in [3.05, 3.63) is 62.8 Å². The predicted octanol–water partition coefficient (Wildman–Crippen LogP) is 4.67. The van der Waals surface area contributed by atoms with Crippen LogP contribution in [0.3, 0.4) is 0 Å². The van der Waals surface area contributed by atoms with Gasteiger partial charge in [-0.05, 0) is 49.4 Å². The van der Waals surface area contributed by atoms with Gasteiger partial charge in [0.2, 0.25) is 5.91 Å². The number of thiazole rings is 1.